The van der Waals surface area contributed by atoms with Crippen LogP contribution in [0.25, 0.3) is 0 Å². The number of carbonyl (C=O) groups is 4. The first-order chi connectivity index (χ1) is 49.7. The van der Waals surface area contributed by atoms with Gasteiger partial charge in [0.1, 0.15) is 19.3 Å². The molecule has 592 valence electrons. The average molecular weight is 1480 g/mol. The van der Waals surface area contributed by atoms with Gasteiger partial charge in [-0.05, 0) is 122 Å². The summed E-state index contributed by atoms with van der Waals surface area (Å²) in [4.78, 5) is 73.0. The minimum atomic E-state index is -4.99. The third-order valence-electron chi connectivity index (χ3n) is 17.3. The van der Waals surface area contributed by atoms with E-state index in [1.165, 1.54) is 141 Å². The van der Waals surface area contributed by atoms with Crippen LogP contribution in [-0.4, -0.2) is 96.7 Å². The molecule has 0 heterocycles. The van der Waals surface area contributed by atoms with Gasteiger partial charge < -0.3 is 33.8 Å². The SMILES string of the molecule is CCCCC/C=C\C/C=C\C/C=C\C/C=C\CCCC(=O)O[C@H](COC(=O)CCCCCCC/C=C\C/C=C\CCCCC)COP(=O)(O)OC[C@@H](O)COP(=O)(O)OC[C@@H](COC(=O)CCCCCCC/C=C\CCCCCCCC)OC(=O)CCCCCCCCCCCCCCCCC. The van der Waals surface area contributed by atoms with Gasteiger partial charge in [0.2, 0.25) is 0 Å². The Labute approximate surface area is 621 Å². The molecule has 2 unspecified atom stereocenters. The molecule has 0 aromatic heterocycles. The Morgan fingerprint density at radius 1 is 0.275 bits per heavy atom. The van der Waals surface area contributed by atoms with E-state index in [0.29, 0.717) is 32.1 Å². The number of allylic oxidation sites excluding steroid dienone is 14. The van der Waals surface area contributed by atoms with Crippen LogP contribution >= 0.6 is 15.6 Å². The highest BCUT2D eigenvalue weighted by Gasteiger charge is 2.30. The first kappa shape index (κ1) is 98.2. The number of unbranched alkanes of at least 4 members (excludes halogenated alkanes) is 37. The number of esters is 4. The lowest BCUT2D eigenvalue weighted by atomic mass is 10.0. The third kappa shape index (κ3) is 74.5. The minimum Gasteiger partial charge on any atom is -0.462 e. The summed E-state index contributed by atoms with van der Waals surface area (Å²) in [5, 5.41) is 10.6. The molecule has 102 heavy (non-hydrogen) atoms. The van der Waals surface area contributed by atoms with Crippen LogP contribution in [0, 0.1) is 0 Å². The van der Waals surface area contributed by atoms with E-state index < -0.39 is 97.5 Å². The molecule has 0 fully saturated rings. The molecular formula is C83H148O17P2. The molecule has 0 saturated heterocycles. The van der Waals surface area contributed by atoms with Gasteiger partial charge in [0.15, 0.2) is 12.2 Å². The average Bonchev–Trinajstić information content (AvgIpc) is 0.917. The number of carbonyl (C=O) groups excluding carboxylic acids is 4. The summed E-state index contributed by atoms with van der Waals surface area (Å²) in [7, 11) is -9.97. The zero-order valence-electron chi connectivity index (χ0n) is 64.8. The molecule has 0 aromatic rings. The second-order valence-electron chi connectivity index (χ2n) is 27.4. The molecule has 0 amide bonds. The zero-order valence-corrected chi connectivity index (χ0v) is 66.6. The third-order valence-corrected chi connectivity index (χ3v) is 19.2. The number of aliphatic hydroxyl groups excluding tert-OH is 1. The van der Waals surface area contributed by atoms with Crippen LogP contribution in [0.2, 0.25) is 0 Å². The highest BCUT2D eigenvalue weighted by molar-refractivity contribution is 7.47. The van der Waals surface area contributed by atoms with E-state index in [1.807, 2.05) is 12.2 Å². The Morgan fingerprint density at radius 3 is 0.804 bits per heavy atom. The Hall–Kier alpha value is -3.76. The zero-order chi connectivity index (χ0) is 74.6. The first-order valence-corrected chi connectivity index (χ1v) is 43.8. The molecular weight excluding hydrogens is 1330 g/mol. The Bertz CT molecular complexity index is 2260. The van der Waals surface area contributed by atoms with Gasteiger partial charge in [-0.2, -0.15) is 0 Å². The number of ether oxygens (including phenoxy) is 4. The maximum absolute atomic E-state index is 13.1. The van der Waals surface area contributed by atoms with Crippen molar-refractivity contribution < 1.29 is 80.2 Å². The van der Waals surface area contributed by atoms with Crippen LogP contribution in [0.4, 0.5) is 0 Å². The molecule has 0 spiro atoms. The Kier molecular flexibility index (Phi) is 72.7. The lowest BCUT2D eigenvalue weighted by Gasteiger charge is -2.21. The van der Waals surface area contributed by atoms with Crippen molar-refractivity contribution in [3.63, 3.8) is 0 Å². The molecule has 19 heteroatoms. The summed E-state index contributed by atoms with van der Waals surface area (Å²) >= 11 is 0. The van der Waals surface area contributed by atoms with Gasteiger partial charge in [-0.3, -0.25) is 37.3 Å². The monoisotopic (exact) mass is 1480 g/mol. The van der Waals surface area contributed by atoms with E-state index in [2.05, 4.69) is 101 Å². The van der Waals surface area contributed by atoms with Crippen molar-refractivity contribution in [3.05, 3.63) is 85.1 Å². The molecule has 0 rings (SSSR count). The lowest BCUT2D eigenvalue weighted by molar-refractivity contribution is -0.161. The second-order valence-corrected chi connectivity index (χ2v) is 30.3. The summed E-state index contributed by atoms with van der Waals surface area (Å²) in [5.74, 6) is -2.24. The van der Waals surface area contributed by atoms with Crippen LogP contribution in [0.1, 0.15) is 362 Å². The van der Waals surface area contributed by atoms with Crippen molar-refractivity contribution in [2.75, 3.05) is 39.6 Å². The molecule has 0 aliphatic carbocycles. The van der Waals surface area contributed by atoms with Gasteiger partial charge in [0.25, 0.3) is 0 Å². The van der Waals surface area contributed by atoms with E-state index in [9.17, 15) is 43.2 Å². The normalized spacial score (nSPS) is 14.3. The van der Waals surface area contributed by atoms with Gasteiger partial charge in [-0.15, -0.1) is 0 Å². The number of aliphatic hydroxyl groups is 1. The van der Waals surface area contributed by atoms with Gasteiger partial charge >= 0.3 is 39.5 Å². The quantitative estimate of drug-likeness (QED) is 0.0169. The number of hydrogen-bond donors (Lipinski definition) is 3. The number of hydrogen-bond acceptors (Lipinski definition) is 15. The topological polar surface area (TPSA) is 237 Å². The number of rotatable bonds is 77. The number of phosphoric acid groups is 2. The minimum absolute atomic E-state index is 0.0173. The van der Waals surface area contributed by atoms with Gasteiger partial charge in [0.05, 0.1) is 26.4 Å². The maximum Gasteiger partial charge on any atom is 0.472 e. The van der Waals surface area contributed by atoms with Crippen LogP contribution < -0.4 is 0 Å². The van der Waals surface area contributed by atoms with Crippen molar-refractivity contribution >= 4 is 39.5 Å². The molecule has 17 nitrogen and oxygen atoms in total. The van der Waals surface area contributed by atoms with Crippen LogP contribution in [0.15, 0.2) is 85.1 Å². The highest BCUT2D eigenvalue weighted by atomic mass is 31.2. The fraction of sp³-hybridized carbons (Fsp3) is 0.783. The Morgan fingerprint density at radius 2 is 0.490 bits per heavy atom. The lowest BCUT2D eigenvalue weighted by Crippen LogP contribution is -2.30. The van der Waals surface area contributed by atoms with Crippen molar-refractivity contribution in [2.45, 2.75) is 380 Å². The summed E-state index contributed by atoms with van der Waals surface area (Å²) in [6.45, 7) is 4.79. The summed E-state index contributed by atoms with van der Waals surface area (Å²) in [6.07, 6.45) is 78.4. The van der Waals surface area contributed by atoms with E-state index in [1.54, 1.807) is 0 Å². The van der Waals surface area contributed by atoms with Gasteiger partial charge in [-0.1, -0.05) is 299 Å². The molecule has 0 bridgehead atoms. The fourth-order valence-electron chi connectivity index (χ4n) is 11.1. The van der Waals surface area contributed by atoms with E-state index in [-0.39, 0.29) is 25.7 Å². The van der Waals surface area contributed by atoms with Crippen molar-refractivity contribution in [1.29, 1.82) is 0 Å². The predicted molar refractivity (Wildman–Crippen MR) is 418 cm³/mol. The van der Waals surface area contributed by atoms with E-state index in [0.717, 1.165) is 135 Å². The van der Waals surface area contributed by atoms with Gasteiger partial charge in [0, 0.05) is 25.7 Å². The molecule has 0 saturated carbocycles. The largest absolute Gasteiger partial charge is 0.472 e. The van der Waals surface area contributed by atoms with Crippen LogP contribution in [0.3, 0.4) is 0 Å². The Balaban J connectivity index is 5.41. The predicted octanol–water partition coefficient (Wildman–Crippen LogP) is 23.8. The molecule has 0 aromatic carbocycles. The molecule has 0 radical (unpaired) electrons. The summed E-state index contributed by atoms with van der Waals surface area (Å²) < 4.78 is 68.6. The second kappa shape index (κ2) is 75.5. The summed E-state index contributed by atoms with van der Waals surface area (Å²) in [6, 6.07) is 0. The number of phosphoric ester groups is 2. The highest BCUT2D eigenvalue weighted by Crippen LogP contribution is 2.45. The summed E-state index contributed by atoms with van der Waals surface area (Å²) in [5.41, 5.74) is 0. The van der Waals surface area contributed by atoms with Crippen LogP contribution in [-0.2, 0) is 65.4 Å². The van der Waals surface area contributed by atoms with E-state index >= 15 is 0 Å². The van der Waals surface area contributed by atoms with Crippen molar-refractivity contribution in [1.82, 2.24) is 0 Å². The smallest absolute Gasteiger partial charge is 0.462 e. The van der Waals surface area contributed by atoms with Crippen LogP contribution in [0.5, 0.6) is 0 Å². The molecule has 3 N–H and O–H groups in total. The molecule has 5 atom stereocenters. The first-order valence-electron chi connectivity index (χ1n) is 40.8. The van der Waals surface area contributed by atoms with Crippen molar-refractivity contribution in [2.24, 2.45) is 0 Å². The van der Waals surface area contributed by atoms with E-state index in [4.69, 9.17) is 37.0 Å². The van der Waals surface area contributed by atoms with Crippen molar-refractivity contribution in [3.8, 4) is 0 Å². The maximum atomic E-state index is 13.1. The van der Waals surface area contributed by atoms with Gasteiger partial charge in [-0.25, -0.2) is 9.13 Å². The molecule has 0 aliphatic heterocycles. The molecule has 0 aliphatic rings. The standard InChI is InChI=1S/C83H148O17P2/c1-5-9-13-17-21-25-29-33-37-38-42-46-50-54-58-62-66-70-83(88)100-79(74-94-81(86)68-64-60-56-52-48-44-40-35-31-27-23-19-15-11-7-3)76-98-102(91,92)96-72-77(84)71-95-101(89,90)97-75-78(99-82(87)69-65-61-57-53-49-45-41-36-32-28-24-20-16-12-8-4)73-93-80(85)67-63-59-55-51-47-43-39-34-30-26-22-18-14-10-6-2/h21,23,25,27,33-35,37,39-40,42,46,54,58,77-79,84H,5-20,22,24,26,28-32,36,38,41,43-45,47-53,55-57,59-76H2,1-4H3,(H,89,90)(H,91,92)/b25-21-,27-23-,37-33-,39-34-,40-35-,46-42-,58-54-/t77-,78+,79+/m0/s1. The fourth-order valence-corrected chi connectivity index (χ4v) is 12.6.